The Hall–Kier alpha value is -0.0800. The van der Waals surface area contributed by atoms with Crippen LogP contribution in [0.1, 0.15) is 74.1 Å². The molecule has 0 aromatic carbocycles. The molecule has 2 heteroatoms. The van der Waals surface area contributed by atoms with Crippen molar-refractivity contribution in [2.75, 3.05) is 6.61 Å². The van der Waals surface area contributed by atoms with Crippen LogP contribution < -0.4 is 0 Å². The van der Waals surface area contributed by atoms with E-state index in [1.807, 2.05) is 0 Å². The fourth-order valence-corrected chi connectivity index (χ4v) is 2.63. The molecule has 0 aromatic rings. The molecule has 0 amide bonds. The molecular weight excluding hydrogens is 224 g/mol. The smallest absolute Gasteiger partial charge is 0.173 e. The van der Waals surface area contributed by atoms with Crippen molar-refractivity contribution in [1.82, 2.24) is 0 Å². The molecule has 1 heterocycles. The molecular formula is C16H32O2. The van der Waals surface area contributed by atoms with Gasteiger partial charge >= 0.3 is 0 Å². The van der Waals surface area contributed by atoms with E-state index in [9.17, 15) is 0 Å². The summed E-state index contributed by atoms with van der Waals surface area (Å²) in [5, 5.41) is 0. The average molecular weight is 256 g/mol. The van der Waals surface area contributed by atoms with Crippen molar-refractivity contribution in [2.24, 2.45) is 11.3 Å². The summed E-state index contributed by atoms with van der Waals surface area (Å²) < 4.78 is 12.2. The lowest BCUT2D eigenvalue weighted by atomic mass is 9.65. The van der Waals surface area contributed by atoms with Crippen molar-refractivity contribution in [2.45, 2.75) is 85.5 Å². The molecule has 0 N–H and O–H groups in total. The third kappa shape index (κ3) is 2.75. The maximum atomic E-state index is 6.14. The van der Waals surface area contributed by atoms with Gasteiger partial charge in [-0.1, -0.05) is 47.0 Å². The second-order valence-corrected chi connectivity index (χ2v) is 6.91. The second kappa shape index (κ2) is 5.50. The van der Waals surface area contributed by atoms with E-state index in [1.54, 1.807) is 0 Å². The summed E-state index contributed by atoms with van der Waals surface area (Å²) in [6.07, 6.45) is 5.03. The van der Waals surface area contributed by atoms with Crippen molar-refractivity contribution in [3.05, 3.63) is 0 Å². The molecule has 1 fully saturated rings. The molecule has 2 unspecified atom stereocenters. The van der Waals surface area contributed by atoms with Crippen LogP contribution in [0.5, 0.6) is 0 Å². The van der Waals surface area contributed by atoms with Crippen molar-refractivity contribution in [3.63, 3.8) is 0 Å². The van der Waals surface area contributed by atoms with E-state index >= 15 is 0 Å². The Balaban J connectivity index is 2.48. The standard InChI is InChI=1S/C16H32O2/c1-8-10-11-13(9-2)12-17-16(7)14(3,4)15(5,6)18-16/h13H,8-12H2,1-7H3. The molecule has 1 aliphatic heterocycles. The zero-order valence-electron chi connectivity index (χ0n) is 13.4. The number of unbranched alkanes of at least 4 members (excludes halogenated alkanes) is 1. The van der Waals surface area contributed by atoms with Gasteiger partial charge in [0.15, 0.2) is 5.79 Å². The SMILES string of the molecule is CCCCC(CC)COC1(C)OC(C)(C)C1(C)C. The molecule has 1 rings (SSSR count). The lowest BCUT2D eigenvalue weighted by Crippen LogP contribution is -2.71. The Morgan fingerprint density at radius 2 is 1.67 bits per heavy atom. The number of hydrogen-bond donors (Lipinski definition) is 0. The van der Waals surface area contributed by atoms with Crippen LogP contribution in [-0.2, 0) is 9.47 Å². The van der Waals surface area contributed by atoms with Gasteiger partial charge in [-0.05, 0) is 33.1 Å². The Morgan fingerprint density at radius 3 is 2.06 bits per heavy atom. The van der Waals surface area contributed by atoms with Gasteiger partial charge in [0.05, 0.1) is 12.2 Å². The summed E-state index contributed by atoms with van der Waals surface area (Å²) in [5.41, 5.74) is -0.0318. The fraction of sp³-hybridized carbons (Fsp3) is 1.00. The van der Waals surface area contributed by atoms with Gasteiger partial charge in [0.1, 0.15) is 0 Å². The first-order chi connectivity index (χ1) is 8.20. The zero-order chi connectivity index (χ0) is 14.0. The normalized spacial score (nSPS) is 30.8. The topological polar surface area (TPSA) is 18.5 Å². The third-order valence-corrected chi connectivity index (χ3v) is 5.23. The van der Waals surface area contributed by atoms with Gasteiger partial charge in [0.2, 0.25) is 0 Å². The number of hydrogen-bond acceptors (Lipinski definition) is 2. The highest BCUT2D eigenvalue weighted by Gasteiger charge is 2.65. The Labute approximate surface area is 113 Å². The van der Waals surface area contributed by atoms with Crippen LogP contribution in [0.15, 0.2) is 0 Å². The van der Waals surface area contributed by atoms with Gasteiger partial charge in [-0.15, -0.1) is 0 Å². The third-order valence-electron chi connectivity index (χ3n) is 5.23. The minimum absolute atomic E-state index is 0.0586. The average Bonchev–Trinajstić information content (AvgIpc) is 2.28. The molecule has 1 aliphatic rings. The molecule has 1 saturated heterocycles. The van der Waals surface area contributed by atoms with E-state index < -0.39 is 5.79 Å². The van der Waals surface area contributed by atoms with Gasteiger partial charge in [-0.25, -0.2) is 0 Å². The van der Waals surface area contributed by atoms with Crippen molar-refractivity contribution in [1.29, 1.82) is 0 Å². The van der Waals surface area contributed by atoms with Crippen LogP contribution >= 0.6 is 0 Å². The van der Waals surface area contributed by atoms with E-state index in [0.717, 1.165) is 6.61 Å². The maximum Gasteiger partial charge on any atom is 0.173 e. The monoisotopic (exact) mass is 256 g/mol. The molecule has 18 heavy (non-hydrogen) atoms. The summed E-state index contributed by atoms with van der Waals surface area (Å²) in [6, 6.07) is 0. The van der Waals surface area contributed by atoms with Crippen LogP contribution in [0.4, 0.5) is 0 Å². The largest absolute Gasteiger partial charge is 0.349 e. The van der Waals surface area contributed by atoms with Crippen LogP contribution in [0, 0.1) is 11.3 Å². The summed E-state index contributed by atoms with van der Waals surface area (Å²) in [6.45, 7) is 16.2. The van der Waals surface area contributed by atoms with E-state index in [4.69, 9.17) is 9.47 Å². The predicted molar refractivity (Wildman–Crippen MR) is 76.6 cm³/mol. The Morgan fingerprint density at radius 1 is 1.06 bits per heavy atom. The van der Waals surface area contributed by atoms with Crippen molar-refractivity contribution >= 4 is 0 Å². The molecule has 0 aromatic heterocycles. The molecule has 2 nitrogen and oxygen atoms in total. The molecule has 0 radical (unpaired) electrons. The quantitative estimate of drug-likeness (QED) is 0.653. The molecule has 108 valence electrons. The van der Waals surface area contributed by atoms with Crippen molar-refractivity contribution < 1.29 is 9.47 Å². The van der Waals surface area contributed by atoms with Crippen LogP contribution in [-0.4, -0.2) is 18.0 Å². The predicted octanol–water partition coefficient (Wildman–Crippen LogP) is 4.77. The first-order valence-electron chi connectivity index (χ1n) is 7.54. The van der Waals surface area contributed by atoms with Gasteiger partial charge in [0.25, 0.3) is 0 Å². The van der Waals surface area contributed by atoms with E-state index in [0.29, 0.717) is 5.92 Å². The summed E-state index contributed by atoms with van der Waals surface area (Å²) in [4.78, 5) is 0. The summed E-state index contributed by atoms with van der Waals surface area (Å²) >= 11 is 0. The van der Waals surface area contributed by atoms with E-state index in [2.05, 4.69) is 48.5 Å². The highest BCUT2D eigenvalue weighted by atomic mass is 16.7. The molecule has 0 bridgehead atoms. The molecule has 0 aliphatic carbocycles. The van der Waals surface area contributed by atoms with E-state index in [1.165, 1.54) is 25.7 Å². The minimum Gasteiger partial charge on any atom is -0.349 e. The van der Waals surface area contributed by atoms with Gasteiger partial charge in [0, 0.05) is 5.41 Å². The lowest BCUT2D eigenvalue weighted by Gasteiger charge is -2.64. The molecule has 2 atom stereocenters. The molecule has 0 saturated carbocycles. The summed E-state index contributed by atoms with van der Waals surface area (Å²) in [7, 11) is 0. The Bertz CT molecular complexity index is 270. The summed E-state index contributed by atoms with van der Waals surface area (Å²) in [5.74, 6) is 0.251. The molecule has 0 spiro atoms. The maximum absolute atomic E-state index is 6.14. The van der Waals surface area contributed by atoms with E-state index in [-0.39, 0.29) is 11.0 Å². The first-order valence-corrected chi connectivity index (χ1v) is 7.54. The first kappa shape index (κ1) is 16.0. The zero-order valence-corrected chi connectivity index (χ0v) is 13.4. The minimum atomic E-state index is -0.421. The van der Waals surface area contributed by atoms with Gasteiger partial charge < -0.3 is 9.47 Å². The lowest BCUT2D eigenvalue weighted by molar-refractivity contribution is -0.446. The fourth-order valence-electron chi connectivity index (χ4n) is 2.63. The number of rotatable bonds is 7. The van der Waals surface area contributed by atoms with Gasteiger partial charge in [-0.2, -0.15) is 0 Å². The highest BCUT2D eigenvalue weighted by Crippen LogP contribution is 2.57. The van der Waals surface area contributed by atoms with Crippen LogP contribution in [0.25, 0.3) is 0 Å². The van der Waals surface area contributed by atoms with Gasteiger partial charge in [-0.3, -0.25) is 0 Å². The second-order valence-electron chi connectivity index (χ2n) is 6.91. The van der Waals surface area contributed by atoms with Crippen molar-refractivity contribution in [3.8, 4) is 0 Å². The highest BCUT2D eigenvalue weighted by molar-refractivity contribution is 5.06. The Kier molecular flexibility index (Phi) is 4.88. The van der Waals surface area contributed by atoms with Crippen LogP contribution in [0.2, 0.25) is 0 Å². The number of ether oxygens (including phenoxy) is 2. The van der Waals surface area contributed by atoms with Crippen LogP contribution in [0.3, 0.4) is 0 Å².